The topological polar surface area (TPSA) is 249 Å². The number of fused-ring (bicyclic) bond motifs is 4. The molecule has 2 aliphatic heterocycles. The fourth-order valence-electron chi connectivity index (χ4n) is 7.26. The zero-order valence-corrected chi connectivity index (χ0v) is 32.3. The molecule has 0 saturated carbocycles. The number of hydrogen-bond donors (Lipinski definition) is 8. The van der Waals surface area contributed by atoms with Crippen LogP contribution in [-0.4, -0.2) is 51.3 Å². The van der Waals surface area contributed by atoms with Gasteiger partial charge in [0, 0.05) is 92.8 Å². The maximum absolute atomic E-state index is 13.5. The Kier molecular flexibility index (Phi) is 10.2. The van der Waals surface area contributed by atoms with Crippen LogP contribution in [0.4, 0.5) is 5.69 Å². The molecule has 4 aromatic rings. The molecule has 14 nitrogen and oxygen atoms in total. The third-order valence-corrected chi connectivity index (χ3v) is 10.6. The van der Waals surface area contributed by atoms with E-state index in [1.807, 2.05) is 0 Å². The zero-order chi connectivity index (χ0) is 42.6. The number of aliphatic hydroxyl groups is 2. The van der Waals surface area contributed by atoms with Crippen molar-refractivity contribution in [1.29, 1.82) is 5.41 Å². The number of halogens is 2. The molecule has 16 heteroatoms. The van der Waals surface area contributed by atoms with Crippen molar-refractivity contribution in [2.75, 3.05) is 18.8 Å². The lowest BCUT2D eigenvalue weighted by molar-refractivity contribution is -0.0420. The van der Waals surface area contributed by atoms with Gasteiger partial charge in [0.05, 0.1) is 26.5 Å². The summed E-state index contributed by atoms with van der Waals surface area (Å²) in [6.07, 6.45) is -2.03. The van der Waals surface area contributed by atoms with Gasteiger partial charge in [0.1, 0.15) is 28.4 Å². The summed E-state index contributed by atoms with van der Waals surface area (Å²) in [5, 5.41) is 55.4. The SMILES string of the molecule is N=c1ccc2c(-c3c(Cl)cc(C(=O)NCCNC(=O)c4ccc(-c5c6ccc(=O)cc-6oc6cc(O)ccc56)c(C(O)O)c4)c(Cl)c3C(=O)O)c3ccc(N)cc3oc-2c1. The Morgan fingerprint density at radius 2 is 1.35 bits per heavy atom. The van der Waals surface area contributed by atoms with Crippen molar-refractivity contribution in [2.24, 2.45) is 0 Å². The van der Waals surface area contributed by atoms with Gasteiger partial charge in [0.15, 0.2) is 11.7 Å². The third kappa shape index (κ3) is 7.13. The highest BCUT2D eigenvalue weighted by atomic mass is 35.5. The largest absolute Gasteiger partial charge is 0.508 e. The predicted molar refractivity (Wildman–Crippen MR) is 224 cm³/mol. The van der Waals surface area contributed by atoms with Crippen LogP contribution in [0.25, 0.3) is 66.8 Å². The van der Waals surface area contributed by atoms with E-state index in [2.05, 4.69) is 10.6 Å². The van der Waals surface area contributed by atoms with Gasteiger partial charge in [0.25, 0.3) is 11.8 Å². The van der Waals surface area contributed by atoms with Crippen LogP contribution in [0.5, 0.6) is 5.75 Å². The first-order valence-electron chi connectivity index (χ1n) is 18.0. The Hall–Kier alpha value is -7.23. The quantitative estimate of drug-likeness (QED) is 0.0318. The molecule has 2 amide bonds. The zero-order valence-electron chi connectivity index (χ0n) is 30.8. The lowest BCUT2D eigenvalue weighted by Gasteiger charge is -2.20. The molecular formula is C44H30Cl2N4O10. The van der Waals surface area contributed by atoms with Gasteiger partial charge in [-0.1, -0.05) is 29.3 Å². The molecule has 0 aromatic heterocycles. The van der Waals surface area contributed by atoms with Crippen molar-refractivity contribution in [2.45, 2.75) is 6.29 Å². The summed E-state index contributed by atoms with van der Waals surface area (Å²) in [6, 6.07) is 23.4. The fourth-order valence-corrected chi connectivity index (χ4v) is 7.87. The number of carboxylic acids is 1. The maximum Gasteiger partial charge on any atom is 0.337 e. The van der Waals surface area contributed by atoms with E-state index in [1.165, 1.54) is 60.7 Å². The number of hydrogen-bond acceptors (Lipinski definition) is 11. The van der Waals surface area contributed by atoms with E-state index in [4.69, 9.17) is 43.2 Å². The van der Waals surface area contributed by atoms with E-state index in [9.17, 15) is 39.6 Å². The van der Waals surface area contributed by atoms with Gasteiger partial charge < -0.3 is 51.0 Å². The monoisotopic (exact) mass is 844 g/mol. The standard InChI is InChI=1S/C44H30Cl2N4O10/c45-31-18-30(40(46)39(44(57)58)38(31)37-27-7-2-20(47)14-32(27)59-33-15-21(48)3-8-28(33)37)42(54)50-12-11-49-41(53)19-1-6-24(29(13-19)43(55)56)36-25-9-4-22(51)16-34(25)60-35-17-23(52)5-10-26(35)36/h1-10,13-18,43,47,51,55-56H,11-12,48H2,(H,49,53)(H,50,54)(H,57,58). The van der Waals surface area contributed by atoms with Gasteiger partial charge >= 0.3 is 5.97 Å². The molecule has 8 rings (SSSR count). The second-order valence-corrected chi connectivity index (χ2v) is 14.5. The lowest BCUT2D eigenvalue weighted by atomic mass is 9.89. The maximum atomic E-state index is 13.5. The van der Waals surface area contributed by atoms with E-state index in [0.29, 0.717) is 49.9 Å². The highest BCUT2D eigenvalue weighted by molar-refractivity contribution is 6.41. The Labute approximate surface area is 347 Å². The normalized spacial score (nSPS) is 11.5. The Balaban J connectivity index is 1.04. The lowest BCUT2D eigenvalue weighted by Crippen LogP contribution is -2.35. The van der Waals surface area contributed by atoms with Crippen molar-refractivity contribution < 1.29 is 43.6 Å². The number of nitrogens with one attached hydrogen (secondary N) is 3. The first kappa shape index (κ1) is 39.6. The summed E-state index contributed by atoms with van der Waals surface area (Å²) in [6.45, 7) is -0.246. The minimum absolute atomic E-state index is 0.0178. The Bertz CT molecular complexity index is 3160. The molecule has 4 aromatic carbocycles. The summed E-state index contributed by atoms with van der Waals surface area (Å²) in [5.41, 5.74) is 7.97. The number of phenols is 1. The predicted octanol–water partition coefficient (Wildman–Crippen LogP) is 7.00. The summed E-state index contributed by atoms with van der Waals surface area (Å²) in [4.78, 5) is 51.8. The number of aliphatic hydroxyl groups excluding tert-OH is 1. The second-order valence-electron chi connectivity index (χ2n) is 13.7. The minimum atomic E-state index is -2.03. The van der Waals surface area contributed by atoms with Gasteiger partial charge in [-0.15, -0.1) is 0 Å². The number of anilines is 1. The molecule has 60 heavy (non-hydrogen) atoms. The van der Waals surface area contributed by atoms with Gasteiger partial charge in [0.2, 0.25) is 0 Å². The number of aromatic hydroxyl groups is 1. The molecule has 0 atom stereocenters. The number of benzene rings is 6. The first-order chi connectivity index (χ1) is 28.7. The summed E-state index contributed by atoms with van der Waals surface area (Å²) in [7, 11) is 0. The van der Waals surface area contributed by atoms with Crippen LogP contribution in [0.3, 0.4) is 0 Å². The number of phenolic OH excluding ortho intramolecular Hbond substituents is 1. The summed E-state index contributed by atoms with van der Waals surface area (Å²) >= 11 is 13.5. The van der Waals surface area contributed by atoms with Crippen LogP contribution < -0.4 is 27.2 Å². The molecule has 4 aliphatic rings. The van der Waals surface area contributed by atoms with E-state index in [0.717, 1.165) is 0 Å². The number of carbonyl (C=O) groups is 3. The smallest absolute Gasteiger partial charge is 0.337 e. The van der Waals surface area contributed by atoms with Crippen LogP contribution >= 0.6 is 23.2 Å². The molecule has 300 valence electrons. The van der Waals surface area contributed by atoms with E-state index >= 15 is 0 Å². The number of aromatic carboxylic acids is 1. The molecule has 0 fully saturated rings. The number of carbonyl (C=O) groups excluding carboxylic acids is 2. The van der Waals surface area contributed by atoms with Gasteiger partial charge in [-0.05, 0) is 72.3 Å². The molecule has 0 unspecified atom stereocenters. The summed E-state index contributed by atoms with van der Waals surface area (Å²) < 4.78 is 11.9. The molecule has 2 aliphatic carbocycles. The van der Waals surface area contributed by atoms with Gasteiger partial charge in [-0.3, -0.25) is 14.4 Å². The molecule has 0 radical (unpaired) electrons. The van der Waals surface area contributed by atoms with Crippen molar-refractivity contribution >= 4 is 68.6 Å². The van der Waals surface area contributed by atoms with Crippen LogP contribution in [-0.2, 0) is 0 Å². The molecule has 0 spiro atoms. The molecular weight excluding hydrogens is 815 g/mol. The minimum Gasteiger partial charge on any atom is -0.508 e. The van der Waals surface area contributed by atoms with E-state index < -0.39 is 34.7 Å². The fraction of sp³-hybridized carbons (Fsp3) is 0.0682. The molecule has 2 heterocycles. The van der Waals surface area contributed by atoms with Gasteiger partial charge in [-0.2, -0.15) is 0 Å². The van der Waals surface area contributed by atoms with Crippen molar-refractivity contribution in [1.82, 2.24) is 10.6 Å². The van der Waals surface area contributed by atoms with Crippen molar-refractivity contribution in [3.63, 3.8) is 0 Å². The molecule has 0 bridgehead atoms. The number of nitrogen functional groups attached to an aromatic ring is 1. The summed E-state index contributed by atoms with van der Waals surface area (Å²) in [5.74, 6) is -2.50. The second kappa shape index (κ2) is 15.5. The van der Waals surface area contributed by atoms with E-state index in [-0.39, 0.29) is 74.0 Å². The van der Waals surface area contributed by atoms with Crippen molar-refractivity contribution in [3.05, 3.63) is 145 Å². The Morgan fingerprint density at radius 1 is 0.717 bits per heavy atom. The number of nitrogens with two attached hydrogens (primary N) is 1. The third-order valence-electron chi connectivity index (χ3n) is 9.90. The highest BCUT2D eigenvalue weighted by Gasteiger charge is 2.30. The molecule has 9 N–H and O–H groups in total. The highest BCUT2D eigenvalue weighted by Crippen LogP contribution is 2.47. The van der Waals surface area contributed by atoms with Crippen LogP contribution in [0, 0.1) is 5.41 Å². The molecule has 0 saturated heterocycles. The average Bonchev–Trinajstić information content (AvgIpc) is 3.20. The first-order valence-corrected chi connectivity index (χ1v) is 18.8. The van der Waals surface area contributed by atoms with Crippen LogP contribution in [0.1, 0.15) is 42.9 Å². The van der Waals surface area contributed by atoms with Gasteiger partial charge in [-0.25, -0.2) is 4.79 Å². The Morgan fingerprint density at radius 3 is 2.08 bits per heavy atom. The average molecular weight is 846 g/mol. The van der Waals surface area contributed by atoms with Crippen molar-refractivity contribution in [3.8, 4) is 50.7 Å². The number of carboxylic acid groups (broad SMARTS) is 1. The number of amides is 2. The number of rotatable bonds is 9. The van der Waals surface area contributed by atoms with Crippen LogP contribution in [0.2, 0.25) is 10.0 Å². The van der Waals surface area contributed by atoms with E-state index in [1.54, 1.807) is 36.4 Å². The van der Waals surface area contributed by atoms with Crippen LogP contribution in [0.15, 0.2) is 111 Å².